The Morgan fingerprint density at radius 3 is 2.50 bits per heavy atom. The summed E-state index contributed by atoms with van der Waals surface area (Å²) in [7, 11) is 0. The van der Waals surface area contributed by atoms with Gasteiger partial charge in [-0.3, -0.25) is 0 Å². The fourth-order valence-corrected chi connectivity index (χ4v) is 3.74. The van der Waals surface area contributed by atoms with E-state index in [2.05, 4.69) is 76.6 Å². The summed E-state index contributed by atoms with van der Waals surface area (Å²) in [5, 5.41) is 3.63. The lowest BCUT2D eigenvalue weighted by atomic mass is 10.1. The van der Waals surface area contributed by atoms with Gasteiger partial charge in [-0.2, -0.15) is 0 Å². The van der Waals surface area contributed by atoms with Crippen LogP contribution in [0.15, 0.2) is 65.1 Å². The second kappa shape index (κ2) is 4.69. The molecule has 0 saturated heterocycles. The normalized spacial score (nSPS) is 11.2. The summed E-state index contributed by atoms with van der Waals surface area (Å²) in [6.07, 6.45) is 0. The van der Waals surface area contributed by atoms with E-state index in [1.165, 1.54) is 21.0 Å². The lowest BCUT2D eigenvalue weighted by Crippen LogP contribution is -1.75. The quantitative estimate of drug-likeness (QED) is 0.422. The van der Waals surface area contributed by atoms with Gasteiger partial charge in [0, 0.05) is 15.4 Å². The van der Waals surface area contributed by atoms with Crippen LogP contribution in [-0.4, -0.2) is 4.98 Å². The molecule has 3 aromatic carbocycles. The van der Waals surface area contributed by atoms with Crippen molar-refractivity contribution in [2.75, 3.05) is 0 Å². The van der Waals surface area contributed by atoms with Gasteiger partial charge >= 0.3 is 0 Å². The third kappa shape index (κ3) is 1.94. The van der Waals surface area contributed by atoms with Crippen LogP contribution in [0.2, 0.25) is 0 Å². The van der Waals surface area contributed by atoms with Gasteiger partial charge in [0.05, 0.1) is 10.2 Å². The van der Waals surface area contributed by atoms with Crippen molar-refractivity contribution in [2.45, 2.75) is 0 Å². The maximum atomic E-state index is 4.77. The van der Waals surface area contributed by atoms with E-state index in [4.69, 9.17) is 4.98 Å². The molecule has 0 unspecified atom stereocenters. The van der Waals surface area contributed by atoms with E-state index < -0.39 is 0 Å². The van der Waals surface area contributed by atoms with Gasteiger partial charge in [-0.05, 0) is 23.6 Å². The standard InChI is InChI=1S/C17H10BrNS/c18-13-8-5-12(6-9-13)17-19-15-10-7-11-3-1-2-4-14(11)16(15)20-17/h1-10H. The topological polar surface area (TPSA) is 12.9 Å². The molecule has 0 aliphatic carbocycles. The van der Waals surface area contributed by atoms with Crippen LogP contribution in [0.25, 0.3) is 31.6 Å². The number of nitrogens with zero attached hydrogens (tertiary/aromatic N) is 1. The Morgan fingerprint density at radius 2 is 1.65 bits per heavy atom. The highest BCUT2D eigenvalue weighted by Crippen LogP contribution is 2.35. The van der Waals surface area contributed by atoms with Gasteiger partial charge in [0.2, 0.25) is 0 Å². The highest BCUT2D eigenvalue weighted by molar-refractivity contribution is 9.10. The summed E-state index contributed by atoms with van der Waals surface area (Å²) in [5.74, 6) is 0. The van der Waals surface area contributed by atoms with E-state index in [-0.39, 0.29) is 0 Å². The van der Waals surface area contributed by atoms with E-state index in [1.807, 2.05) is 0 Å². The molecule has 4 rings (SSSR count). The number of hydrogen-bond donors (Lipinski definition) is 0. The number of benzene rings is 3. The van der Waals surface area contributed by atoms with E-state index in [0.29, 0.717) is 0 Å². The fraction of sp³-hybridized carbons (Fsp3) is 0. The summed E-state index contributed by atoms with van der Waals surface area (Å²) < 4.78 is 2.36. The number of rotatable bonds is 1. The molecule has 0 radical (unpaired) electrons. The Hall–Kier alpha value is -1.71. The smallest absolute Gasteiger partial charge is 0.124 e. The van der Waals surface area contributed by atoms with E-state index in [0.717, 1.165) is 15.0 Å². The molecule has 0 spiro atoms. The Bertz CT molecular complexity index is 909. The molecule has 1 aromatic heterocycles. The Balaban J connectivity index is 1.98. The van der Waals surface area contributed by atoms with Crippen LogP contribution in [0.3, 0.4) is 0 Å². The molecule has 0 saturated carbocycles. The highest BCUT2D eigenvalue weighted by Gasteiger charge is 2.08. The predicted molar refractivity (Wildman–Crippen MR) is 90.3 cm³/mol. The molecule has 0 bridgehead atoms. The van der Waals surface area contributed by atoms with Crippen LogP contribution >= 0.6 is 27.3 Å². The van der Waals surface area contributed by atoms with Crippen LogP contribution in [-0.2, 0) is 0 Å². The fourth-order valence-electron chi connectivity index (χ4n) is 2.37. The highest BCUT2D eigenvalue weighted by atomic mass is 79.9. The largest absolute Gasteiger partial charge is 0.236 e. The van der Waals surface area contributed by atoms with Gasteiger partial charge in [0.25, 0.3) is 0 Å². The van der Waals surface area contributed by atoms with Gasteiger partial charge in [-0.15, -0.1) is 11.3 Å². The average molecular weight is 340 g/mol. The Morgan fingerprint density at radius 1 is 0.850 bits per heavy atom. The second-order valence-electron chi connectivity index (χ2n) is 4.66. The molecule has 0 atom stereocenters. The van der Waals surface area contributed by atoms with Gasteiger partial charge in [-0.25, -0.2) is 4.98 Å². The van der Waals surface area contributed by atoms with Crippen LogP contribution in [0, 0.1) is 0 Å². The predicted octanol–water partition coefficient (Wildman–Crippen LogP) is 5.88. The van der Waals surface area contributed by atoms with Gasteiger partial charge < -0.3 is 0 Å². The minimum Gasteiger partial charge on any atom is -0.236 e. The molecule has 3 heteroatoms. The van der Waals surface area contributed by atoms with Crippen molar-refractivity contribution >= 4 is 48.3 Å². The third-order valence-corrected chi connectivity index (χ3v) is 5.05. The summed E-state index contributed by atoms with van der Waals surface area (Å²) in [6.45, 7) is 0. The molecule has 0 aliphatic heterocycles. The molecule has 0 fully saturated rings. The van der Waals surface area contributed by atoms with Crippen LogP contribution < -0.4 is 0 Å². The van der Waals surface area contributed by atoms with Gasteiger partial charge in [0.15, 0.2) is 0 Å². The van der Waals surface area contributed by atoms with E-state index in [9.17, 15) is 0 Å². The number of hydrogen-bond acceptors (Lipinski definition) is 2. The number of halogens is 1. The molecule has 0 N–H and O–H groups in total. The molecule has 0 aliphatic rings. The van der Waals surface area contributed by atoms with Crippen molar-refractivity contribution in [3.05, 3.63) is 65.1 Å². The zero-order chi connectivity index (χ0) is 13.5. The number of aromatic nitrogens is 1. The zero-order valence-electron chi connectivity index (χ0n) is 10.5. The molecule has 20 heavy (non-hydrogen) atoms. The van der Waals surface area contributed by atoms with Crippen molar-refractivity contribution in [1.82, 2.24) is 4.98 Å². The van der Waals surface area contributed by atoms with Crippen molar-refractivity contribution in [2.24, 2.45) is 0 Å². The van der Waals surface area contributed by atoms with Gasteiger partial charge in [-0.1, -0.05) is 58.4 Å². The molecule has 1 heterocycles. The maximum absolute atomic E-state index is 4.77. The minimum atomic E-state index is 1.07. The first-order valence-electron chi connectivity index (χ1n) is 6.35. The molecule has 4 aromatic rings. The molecule has 1 nitrogen and oxygen atoms in total. The Labute approximate surface area is 129 Å². The molecular formula is C17H10BrNS. The molecule has 0 amide bonds. The minimum absolute atomic E-state index is 1.07. The SMILES string of the molecule is Brc1ccc(-c2nc3ccc4ccccc4c3s2)cc1. The number of fused-ring (bicyclic) bond motifs is 3. The average Bonchev–Trinajstić information content (AvgIpc) is 2.92. The van der Waals surface area contributed by atoms with E-state index in [1.54, 1.807) is 11.3 Å². The first kappa shape index (κ1) is 12.1. The summed E-state index contributed by atoms with van der Waals surface area (Å²) in [6, 6.07) is 21.0. The summed E-state index contributed by atoms with van der Waals surface area (Å²) in [5.41, 5.74) is 2.24. The van der Waals surface area contributed by atoms with Gasteiger partial charge in [0.1, 0.15) is 5.01 Å². The monoisotopic (exact) mass is 339 g/mol. The van der Waals surface area contributed by atoms with Crippen molar-refractivity contribution < 1.29 is 0 Å². The molecular weight excluding hydrogens is 330 g/mol. The van der Waals surface area contributed by atoms with Crippen LogP contribution in [0.1, 0.15) is 0 Å². The van der Waals surface area contributed by atoms with Crippen molar-refractivity contribution in [3.8, 4) is 10.6 Å². The Kier molecular flexibility index (Phi) is 2.83. The lowest BCUT2D eigenvalue weighted by Gasteiger charge is -1.96. The van der Waals surface area contributed by atoms with Crippen molar-refractivity contribution in [1.29, 1.82) is 0 Å². The number of thiazole rings is 1. The molecule has 96 valence electrons. The van der Waals surface area contributed by atoms with Crippen LogP contribution in [0.4, 0.5) is 0 Å². The zero-order valence-corrected chi connectivity index (χ0v) is 12.9. The first-order chi connectivity index (χ1) is 9.81. The van der Waals surface area contributed by atoms with Crippen molar-refractivity contribution in [3.63, 3.8) is 0 Å². The summed E-state index contributed by atoms with van der Waals surface area (Å²) >= 11 is 5.23. The summed E-state index contributed by atoms with van der Waals surface area (Å²) in [4.78, 5) is 4.77. The van der Waals surface area contributed by atoms with E-state index >= 15 is 0 Å². The maximum Gasteiger partial charge on any atom is 0.124 e. The first-order valence-corrected chi connectivity index (χ1v) is 7.96. The second-order valence-corrected chi connectivity index (χ2v) is 6.58. The lowest BCUT2D eigenvalue weighted by molar-refractivity contribution is 1.48. The van der Waals surface area contributed by atoms with Crippen LogP contribution in [0.5, 0.6) is 0 Å². The third-order valence-electron chi connectivity index (χ3n) is 3.37.